The molecule has 26 heavy (non-hydrogen) atoms. The van der Waals surface area contributed by atoms with Crippen molar-refractivity contribution in [2.24, 2.45) is 0 Å². The van der Waals surface area contributed by atoms with Gasteiger partial charge < -0.3 is 4.90 Å². The SMILES string of the molecule is C=CCN1C(=O)C(c2ccc(C)cc2)=C(N(CC)c2ccccc2)C1=O. The van der Waals surface area contributed by atoms with Crippen molar-refractivity contribution in [3.05, 3.63) is 84.1 Å². The number of para-hydroxylation sites is 1. The molecule has 0 N–H and O–H groups in total. The maximum Gasteiger partial charge on any atom is 0.278 e. The highest BCUT2D eigenvalue weighted by Gasteiger charge is 2.41. The minimum atomic E-state index is -0.281. The fourth-order valence-corrected chi connectivity index (χ4v) is 3.17. The molecule has 3 rings (SSSR count). The van der Waals surface area contributed by atoms with E-state index in [1.807, 2.05) is 73.3 Å². The highest BCUT2D eigenvalue weighted by molar-refractivity contribution is 6.36. The number of anilines is 1. The summed E-state index contributed by atoms with van der Waals surface area (Å²) in [5.74, 6) is -0.556. The number of aryl methyl sites for hydroxylation is 1. The number of nitrogens with zero attached hydrogens (tertiary/aromatic N) is 2. The first-order valence-electron chi connectivity index (χ1n) is 8.69. The van der Waals surface area contributed by atoms with Crippen LogP contribution in [0.2, 0.25) is 0 Å². The minimum Gasteiger partial charge on any atom is -0.337 e. The fraction of sp³-hybridized carbons (Fsp3) is 0.182. The van der Waals surface area contributed by atoms with Gasteiger partial charge in [0.05, 0.1) is 5.57 Å². The number of imide groups is 1. The molecular weight excluding hydrogens is 324 g/mol. The Balaban J connectivity index is 2.19. The van der Waals surface area contributed by atoms with Gasteiger partial charge in [-0.3, -0.25) is 14.5 Å². The Morgan fingerprint density at radius 1 is 1.00 bits per heavy atom. The molecule has 2 aromatic rings. The van der Waals surface area contributed by atoms with E-state index in [9.17, 15) is 9.59 Å². The molecule has 0 atom stereocenters. The van der Waals surface area contributed by atoms with Gasteiger partial charge in [-0.1, -0.05) is 54.1 Å². The summed E-state index contributed by atoms with van der Waals surface area (Å²) in [6.07, 6.45) is 1.57. The van der Waals surface area contributed by atoms with Gasteiger partial charge in [-0.2, -0.15) is 0 Å². The maximum absolute atomic E-state index is 13.1. The monoisotopic (exact) mass is 346 g/mol. The number of carbonyl (C=O) groups is 2. The van der Waals surface area contributed by atoms with Crippen molar-refractivity contribution in [3.63, 3.8) is 0 Å². The average molecular weight is 346 g/mol. The van der Waals surface area contributed by atoms with Crippen LogP contribution in [0.3, 0.4) is 0 Å². The second kappa shape index (κ2) is 7.40. The summed E-state index contributed by atoms with van der Waals surface area (Å²) in [5.41, 5.74) is 3.61. The van der Waals surface area contributed by atoms with Crippen LogP contribution < -0.4 is 4.90 Å². The van der Waals surface area contributed by atoms with Gasteiger partial charge in [-0.25, -0.2) is 0 Å². The van der Waals surface area contributed by atoms with Crippen molar-refractivity contribution in [2.45, 2.75) is 13.8 Å². The summed E-state index contributed by atoms with van der Waals surface area (Å²) < 4.78 is 0. The summed E-state index contributed by atoms with van der Waals surface area (Å²) >= 11 is 0. The number of hydrogen-bond donors (Lipinski definition) is 0. The molecule has 0 saturated carbocycles. The van der Waals surface area contributed by atoms with Gasteiger partial charge in [-0.15, -0.1) is 6.58 Å². The van der Waals surface area contributed by atoms with Crippen LogP contribution >= 0.6 is 0 Å². The molecule has 1 heterocycles. The van der Waals surface area contributed by atoms with Crippen LogP contribution in [0.5, 0.6) is 0 Å². The molecule has 0 fully saturated rings. The molecule has 4 heteroatoms. The van der Waals surface area contributed by atoms with E-state index in [4.69, 9.17) is 0 Å². The number of hydrogen-bond acceptors (Lipinski definition) is 3. The molecular formula is C22H22N2O2. The van der Waals surface area contributed by atoms with Gasteiger partial charge in [0.2, 0.25) is 0 Å². The summed E-state index contributed by atoms with van der Waals surface area (Å²) in [6.45, 7) is 8.41. The largest absolute Gasteiger partial charge is 0.337 e. The van der Waals surface area contributed by atoms with E-state index in [1.165, 1.54) is 4.90 Å². The van der Waals surface area contributed by atoms with Gasteiger partial charge in [0.15, 0.2) is 0 Å². The Morgan fingerprint density at radius 3 is 2.23 bits per heavy atom. The lowest BCUT2D eigenvalue weighted by atomic mass is 10.0. The van der Waals surface area contributed by atoms with Crippen LogP contribution in [-0.2, 0) is 9.59 Å². The normalized spacial score (nSPS) is 14.2. The van der Waals surface area contributed by atoms with E-state index in [1.54, 1.807) is 6.08 Å². The van der Waals surface area contributed by atoms with Crippen molar-refractivity contribution >= 4 is 23.1 Å². The summed E-state index contributed by atoms with van der Waals surface area (Å²) in [5, 5.41) is 0. The lowest BCUT2D eigenvalue weighted by molar-refractivity contribution is -0.136. The number of benzene rings is 2. The molecule has 0 radical (unpaired) electrons. The van der Waals surface area contributed by atoms with Crippen LogP contribution in [0.4, 0.5) is 5.69 Å². The quantitative estimate of drug-likeness (QED) is 0.590. The Kier molecular flexibility index (Phi) is 5.03. The highest BCUT2D eigenvalue weighted by Crippen LogP contribution is 2.34. The molecule has 0 aliphatic carbocycles. The van der Waals surface area contributed by atoms with E-state index >= 15 is 0 Å². The van der Waals surface area contributed by atoms with E-state index in [-0.39, 0.29) is 18.4 Å². The zero-order chi connectivity index (χ0) is 18.7. The third kappa shape index (κ3) is 3.06. The molecule has 1 aliphatic rings. The van der Waals surface area contributed by atoms with Gasteiger partial charge >= 0.3 is 0 Å². The fourth-order valence-electron chi connectivity index (χ4n) is 3.17. The number of likely N-dealkylation sites (N-methyl/N-ethyl adjacent to an activating group) is 1. The van der Waals surface area contributed by atoms with Crippen LogP contribution in [-0.4, -0.2) is 29.8 Å². The van der Waals surface area contributed by atoms with Crippen LogP contribution in [0.1, 0.15) is 18.1 Å². The molecule has 0 bridgehead atoms. The Morgan fingerprint density at radius 2 is 1.65 bits per heavy atom. The van der Waals surface area contributed by atoms with Crippen molar-refractivity contribution in [3.8, 4) is 0 Å². The van der Waals surface area contributed by atoms with Crippen molar-refractivity contribution < 1.29 is 9.59 Å². The minimum absolute atomic E-state index is 0.197. The molecule has 0 saturated heterocycles. The van der Waals surface area contributed by atoms with E-state index in [0.717, 1.165) is 16.8 Å². The highest BCUT2D eigenvalue weighted by atomic mass is 16.2. The first kappa shape index (κ1) is 17.7. The first-order valence-corrected chi connectivity index (χ1v) is 8.69. The van der Waals surface area contributed by atoms with Crippen LogP contribution in [0.15, 0.2) is 72.9 Å². The number of amides is 2. The zero-order valence-electron chi connectivity index (χ0n) is 15.1. The molecule has 132 valence electrons. The van der Waals surface area contributed by atoms with Gasteiger partial charge in [0.1, 0.15) is 5.70 Å². The molecule has 0 spiro atoms. The van der Waals surface area contributed by atoms with E-state index in [2.05, 4.69) is 6.58 Å². The molecule has 4 nitrogen and oxygen atoms in total. The van der Waals surface area contributed by atoms with Crippen molar-refractivity contribution in [1.82, 2.24) is 4.90 Å². The van der Waals surface area contributed by atoms with Gasteiger partial charge in [0.25, 0.3) is 11.8 Å². The van der Waals surface area contributed by atoms with Gasteiger partial charge in [0, 0.05) is 18.8 Å². The van der Waals surface area contributed by atoms with E-state index in [0.29, 0.717) is 17.8 Å². The summed E-state index contributed by atoms with van der Waals surface area (Å²) in [4.78, 5) is 29.3. The zero-order valence-corrected chi connectivity index (χ0v) is 15.1. The standard InChI is InChI=1S/C22H22N2O2/c1-4-15-24-21(25)19(17-13-11-16(3)12-14-17)20(22(24)26)23(5-2)18-9-7-6-8-10-18/h4,6-14H,1,5,15H2,2-3H3. The summed E-state index contributed by atoms with van der Waals surface area (Å²) in [7, 11) is 0. The van der Waals surface area contributed by atoms with E-state index < -0.39 is 0 Å². The molecule has 2 aromatic carbocycles. The van der Waals surface area contributed by atoms with Gasteiger partial charge in [-0.05, 0) is 31.5 Å². The molecule has 1 aliphatic heterocycles. The molecule has 2 amide bonds. The van der Waals surface area contributed by atoms with Crippen LogP contribution in [0, 0.1) is 6.92 Å². The summed E-state index contributed by atoms with van der Waals surface area (Å²) in [6, 6.07) is 17.4. The Labute approximate surface area is 154 Å². The maximum atomic E-state index is 13.1. The third-order valence-electron chi connectivity index (χ3n) is 4.45. The number of carbonyl (C=O) groups excluding carboxylic acids is 2. The smallest absolute Gasteiger partial charge is 0.278 e. The third-order valence-corrected chi connectivity index (χ3v) is 4.45. The topological polar surface area (TPSA) is 40.6 Å². The Hall–Kier alpha value is -3.14. The number of rotatable bonds is 6. The average Bonchev–Trinajstić information content (AvgIpc) is 2.89. The Bertz CT molecular complexity index is 867. The molecule has 0 unspecified atom stereocenters. The van der Waals surface area contributed by atoms with Crippen molar-refractivity contribution in [1.29, 1.82) is 0 Å². The first-order chi connectivity index (χ1) is 12.6. The second-order valence-corrected chi connectivity index (χ2v) is 6.18. The lowest BCUT2D eigenvalue weighted by Crippen LogP contribution is -2.35. The predicted octanol–water partition coefficient (Wildman–Crippen LogP) is 3.79. The predicted molar refractivity (Wildman–Crippen MR) is 104 cm³/mol. The van der Waals surface area contributed by atoms with Crippen LogP contribution in [0.25, 0.3) is 5.57 Å². The van der Waals surface area contributed by atoms with Crippen molar-refractivity contribution in [2.75, 3.05) is 18.0 Å². The molecule has 0 aromatic heterocycles. The second-order valence-electron chi connectivity index (χ2n) is 6.18. The lowest BCUT2D eigenvalue weighted by Gasteiger charge is -2.24.